The number of anilines is 1. The Bertz CT molecular complexity index is 622. The molecule has 0 unspecified atom stereocenters. The Kier molecular flexibility index (Phi) is 6.57. The minimum Gasteiger partial charge on any atom is -0.349 e. The minimum absolute atomic E-state index is 0.709. The Morgan fingerprint density at radius 3 is 2.50 bits per heavy atom. The van der Waals surface area contributed by atoms with Gasteiger partial charge in [0.15, 0.2) is 5.11 Å². The molecule has 1 aliphatic carbocycles. The van der Waals surface area contributed by atoms with E-state index in [-0.39, 0.29) is 0 Å². The first-order chi connectivity index (χ1) is 12.5. The van der Waals surface area contributed by atoms with Gasteiger partial charge < -0.3 is 15.1 Å². The van der Waals surface area contributed by atoms with Crippen molar-refractivity contribution >= 4 is 23.0 Å². The number of benzene rings is 1. The highest BCUT2D eigenvalue weighted by atomic mass is 32.1. The summed E-state index contributed by atoms with van der Waals surface area (Å²) in [5.41, 5.74) is 3.74. The maximum absolute atomic E-state index is 5.71. The molecule has 1 saturated heterocycles. The number of hydrogen-bond donors (Lipinski definition) is 1. The van der Waals surface area contributed by atoms with Gasteiger partial charge in [0.1, 0.15) is 0 Å². The lowest BCUT2D eigenvalue weighted by atomic mass is 9.84. The molecule has 1 aromatic carbocycles. The van der Waals surface area contributed by atoms with Gasteiger partial charge in [-0.05, 0) is 81.9 Å². The largest absolute Gasteiger partial charge is 0.349 e. The van der Waals surface area contributed by atoms with Gasteiger partial charge in [0.2, 0.25) is 0 Å². The molecule has 1 heterocycles. The van der Waals surface area contributed by atoms with E-state index >= 15 is 0 Å². The fourth-order valence-corrected chi connectivity index (χ4v) is 5.02. The Morgan fingerprint density at radius 1 is 1.12 bits per heavy atom. The molecule has 4 heteroatoms. The third-order valence-electron chi connectivity index (χ3n) is 6.76. The molecule has 2 aliphatic rings. The van der Waals surface area contributed by atoms with Crippen LogP contribution in [0.1, 0.15) is 56.6 Å². The molecule has 2 atom stereocenters. The van der Waals surface area contributed by atoms with E-state index < -0.39 is 0 Å². The van der Waals surface area contributed by atoms with Gasteiger partial charge in [-0.1, -0.05) is 31.9 Å². The molecule has 1 aromatic rings. The normalized spacial score (nSPS) is 24.7. The maximum atomic E-state index is 5.71. The van der Waals surface area contributed by atoms with E-state index in [0.29, 0.717) is 6.04 Å². The van der Waals surface area contributed by atoms with Crippen LogP contribution in [0.5, 0.6) is 0 Å². The van der Waals surface area contributed by atoms with Crippen molar-refractivity contribution in [3.8, 4) is 0 Å². The zero-order valence-electron chi connectivity index (χ0n) is 16.9. The van der Waals surface area contributed by atoms with E-state index in [1.807, 2.05) is 0 Å². The molecule has 1 aliphatic heterocycles. The number of piperidine rings is 1. The fraction of sp³-hybridized carbons (Fsp3) is 0.682. The van der Waals surface area contributed by atoms with Crippen LogP contribution in [-0.4, -0.2) is 47.1 Å². The number of thiocarbonyl (C=S) groups is 1. The third kappa shape index (κ3) is 4.40. The van der Waals surface area contributed by atoms with Gasteiger partial charge in [-0.3, -0.25) is 0 Å². The molecule has 144 valence electrons. The second-order valence-electron chi connectivity index (χ2n) is 8.39. The average Bonchev–Trinajstić information content (AvgIpc) is 2.65. The lowest BCUT2D eigenvalue weighted by molar-refractivity contribution is 0.0691. The molecule has 0 radical (unpaired) electrons. The molecule has 1 N–H and O–H groups in total. The summed E-state index contributed by atoms with van der Waals surface area (Å²) in [5.74, 6) is 0.846. The third-order valence-corrected chi connectivity index (χ3v) is 7.12. The van der Waals surface area contributed by atoms with Crippen molar-refractivity contribution < 1.29 is 0 Å². The smallest absolute Gasteiger partial charge is 0.173 e. The summed E-state index contributed by atoms with van der Waals surface area (Å²) in [6.07, 6.45) is 8.04. The van der Waals surface area contributed by atoms with Gasteiger partial charge in [-0.15, -0.1) is 0 Å². The van der Waals surface area contributed by atoms with Crippen molar-refractivity contribution in [2.45, 2.75) is 71.4 Å². The van der Waals surface area contributed by atoms with Gasteiger partial charge in [-0.25, -0.2) is 0 Å². The Hall–Kier alpha value is -1.13. The molecule has 0 amide bonds. The molecular weight excluding hydrogens is 338 g/mol. The molecule has 3 rings (SSSR count). The zero-order valence-corrected chi connectivity index (χ0v) is 17.7. The quantitative estimate of drug-likeness (QED) is 0.753. The van der Waals surface area contributed by atoms with Crippen molar-refractivity contribution in [2.75, 3.05) is 25.5 Å². The van der Waals surface area contributed by atoms with Crippen molar-refractivity contribution in [3.05, 3.63) is 29.3 Å². The standard InChI is InChI=1S/C22H35N3S/c1-16-9-7-10-20(18(16)3)23-22(26)25-14-12-19(13-15-25)24(4)21-11-6-5-8-17(21)2/h7,9-10,17,19,21H,5-6,8,11-15H2,1-4H3,(H,23,26)/t17-,21-/m1/s1. The van der Waals surface area contributed by atoms with Crippen LogP contribution < -0.4 is 5.32 Å². The maximum Gasteiger partial charge on any atom is 0.173 e. The lowest BCUT2D eigenvalue weighted by Crippen LogP contribution is -2.51. The van der Waals surface area contributed by atoms with E-state index in [0.717, 1.165) is 35.8 Å². The Labute approximate surface area is 165 Å². The SMILES string of the molecule is Cc1cccc(NC(=S)N2CCC(N(C)[C@@H]3CCCC[C@H]3C)CC2)c1C. The molecule has 26 heavy (non-hydrogen) atoms. The molecule has 3 nitrogen and oxygen atoms in total. The topological polar surface area (TPSA) is 18.5 Å². The first kappa shape index (κ1) is 19.6. The van der Waals surface area contributed by atoms with Gasteiger partial charge in [0.25, 0.3) is 0 Å². The van der Waals surface area contributed by atoms with Crippen LogP contribution in [0, 0.1) is 19.8 Å². The summed E-state index contributed by atoms with van der Waals surface area (Å²) in [6.45, 7) is 8.88. The molecule has 2 fully saturated rings. The highest BCUT2D eigenvalue weighted by Crippen LogP contribution is 2.30. The first-order valence-electron chi connectivity index (χ1n) is 10.3. The number of rotatable bonds is 3. The van der Waals surface area contributed by atoms with Crippen LogP contribution in [-0.2, 0) is 0 Å². The summed E-state index contributed by atoms with van der Waals surface area (Å²) in [6, 6.07) is 7.86. The molecule has 0 spiro atoms. The van der Waals surface area contributed by atoms with Crippen molar-refractivity contribution in [2.24, 2.45) is 5.92 Å². The number of nitrogens with zero attached hydrogens (tertiary/aromatic N) is 2. The van der Waals surface area contributed by atoms with Crippen LogP contribution >= 0.6 is 12.2 Å². The van der Waals surface area contributed by atoms with Crippen molar-refractivity contribution in [1.29, 1.82) is 0 Å². The highest BCUT2D eigenvalue weighted by Gasteiger charge is 2.31. The highest BCUT2D eigenvalue weighted by molar-refractivity contribution is 7.80. The van der Waals surface area contributed by atoms with E-state index in [4.69, 9.17) is 12.2 Å². The number of nitrogens with one attached hydrogen (secondary N) is 1. The van der Waals surface area contributed by atoms with Gasteiger partial charge >= 0.3 is 0 Å². The average molecular weight is 374 g/mol. The van der Waals surface area contributed by atoms with Gasteiger partial charge in [0.05, 0.1) is 0 Å². The molecule has 0 aromatic heterocycles. The summed E-state index contributed by atoms with van der Waals surface area (Å²) in [4.78, 5) is 5.05. The van der Waals surface area contributed by atoms with Crippen LogP contribution in [0.15, 0.2) is 18.2 Å². The lowest BCUT2D eigenvalue weighted by Gasteiger charge is -2.44. The predicted octanol–water partition coefficient (Wildman–Crippen LogP) is 4.98. The molecular formula is C22H35N3S. The Balaban J connectivity index is 1.53. The molecule has 1 saturated carbocycles. The first-order valence-corrected chi connectivity index (χ1v) is 10.7. The fourth-order valence-electron chi connectivity index (χ4n) is 4.73. The van der Waals surface area contributed by atoms with Gasteiger partial charge in [0, 0.05) is 30.9 Å². The van der Waals surface area contributed by atoms with E-state index in [9.17, 15) is 0 Å². The number of aryl methyl sites for hydroxylation is 1. The van der Waals surface area contributed by atoms with E-state index in [2.05, 4.69) is 61.1 Å². The number of hydrogen-bond acceptors (Lipinski definition) is 2. The molecule has 0 bridgehead atoms. The summed E-state index contributed by atoms with van der Waals surface area (Å²) in [5, 5.41) is 4.36. The van der Waals surface area contributed by atoms with Crippen LogP contribution in [0.4, 0.5) is 5.69 Å². The minimum atomic E-state index is 0.709. The van der Waals surface area contributed by atoms with Gasteiger partial charge in [-0.2, -0.15) is 0 Å². The second kappa shape index (κ2) is 8.71. The van der Waals surface area contributed by atoms with Crippen LogP contribution in [0.3, 0.4) is 0 Å². The number of likely N-dealkylation sites (tertiary alicyclic amines) is 1. The summed E-state index contributed by atoms with van der Waals surface area (Å²) >= 11 is 5.71. The summed E-state index contributed by atoms with van der Waals surface area (Å²) in [7, 11) is 2.36. The Morgan fingerprint density at radius 2 is 1.81 bits per heavy atom. The summed E-state index contributed by atoms with van der Waals surface area (Å²) < 4.78 is 0. The monoisotopic (exact) mass is 373 g/mol. The van der Waals surface area contributed by atoms with Crippen LogP contribution in [0.2, 0.25) is 0 Å². The van der Waals surface area contributed by atoms with Crippen molar-refractivity contribution in [1.82, 2.24) is 9.80 Å². The van der Waals surface area contributed by atoms with E-state index in [1.165, 1.54) is 49.7 Å². The predicted molar refractivity (Wildman–Crippen MR) is 116 cm³/mol. The second-order valence-corrected chi connectivity index (χ2v) is 8.78. The van der Waals surface area contributed by atoms with Crippen molar-refractivity contribution in [3.63, 3.8) is 0 Å². The zero-order chi connectivity index (χ0) is 18.7. The van der Waals surface area contributed by atoms with Crippen LogP contribution in [0.25, 0.3) is 0 Å². The van der Waals surface area contributed by atoms with E-state index in [1.54, 1.807) is 0 Å².